The molecule has 12 heteroatoms. The Balaban J connectivity index is 1.75. The molecule has 0 saturated carbocycles. The number of carbonyl (C=O) groups is 1. The van der Waals surface area contributed by atoms with Crippen LogP contribution in [-0.4, -0.2) is 55.1 Å². The summed E-state index contributed by atoms with van der Waals surface area (Å²) in [6.45, 7) is 3.86. The van der Waals surface area contributed by atoms with Crippen molar-refractivity contribution in [3.05, 3.63) is 70.0 Å². The van der Waals surface area contributed by atoms with Crippen molar-refractivity contribution in [1.82, 2.24) is 15.1 Å². The number of halogens is 7. The predicted octanol–water partition coefficient (Wildman–Crippen LogP) is 4.74. The second-order valence-electron chi connectivity index (χ2n) is 8.70. The SMILES string of the molecule is Cc1cc(F)ccc1[C@H]1CN(CCN)CCN1C(=O)NCCc1cc(C(F)(F)F)cc(C(F)(F)F)c1. The molecule has 0 spiro atoms. The summed E-state index contributed by atoms with van der Waals surface area (Å²) in [4.78, 5) is 16.6. The number of hydrogen-bond acceptors (Lipinski definition) is 3. The second-order valence-corrected chi connectivity index (χ2v) is 8.70. The molecule has 1 aliphatic heterocycles. The van der Waals surface area contributed by atoms with Crippen molar-refractivity contribution < 1.29 is 35.5 Å². The molecule has 0 unspecified atom stereocenters. The molecule has 1 atom stereocenters. The maximum atomic E-state index is 13.6. The number of nitrogens with zero attached hydrogens (tertiary/aromatic N) is 2. The van der Waals surface area contributed by atoms with Gasteiger partial charge in [-0.1, -0.05) is 6.07 Å². The van der Waals surface area contributed by atoms with E-state index in [1.54, 1.807) is 17.9 Å². The van der Waals surface area contributed by atoms with Crippen LogP contribution in [0.25, 0.3) is 0 Å². The topological polar surface area (TPSA) is 61.6 Å². The molecular weight excluding hydrogens is 493 g/mol. The van der Waals surface area contributed by atoms with Gasteiger partial charge in [0.05, 0.1) is 17.2 Å². The molecule has 1 fully saturated rings. The van der Waals surface area contributed by atoms with E-state index in [1.807, 2.05) is 0 Å². The summed E-state index contributed by atoms with van der Waals surface area (Å²) in [7, 11) is 0. The van der Waals surface area contributed by atoms with E-state index in [4.69, 9.17) is 5.73 Å². The number of carbonyl (C=O) groups excluding carboxylic acids is 1. The number of nitrogens with one attached hydrogen (secondary N) is 1. The number of piperazine rings is 1. The van der Waals surface area contributed by atoms with Crippen molar-refractivity contribution in [2.75, 3.05) is 39.3 Å². The van der Waals surface area contributed by atoms with Gasteiger partial charge in [0, 0.05) is 39.3 Å². The first kappa shape index (κ1) is 27.7. The number of nitrogens with two attached hydrogens (primary N) is 1. The monoisotopic (exact) mass is 520 g/mol. The molecule has 1 heterocycles. The zero-order valence-corrected chi connectivity index (χ0v) is 19.5. The molecular formula is C24H27F7N4O. The van der Waals surface area contributed by atoms with Gasteiger partial charge in [0.15, 0.2) is 0 Å². The third-order valence-corrected chi connectivity index (χ3v) is 6.10. The summed E-state index contributed by atoms with van der Waals surface area (Å²) < 4.78 is 92.2. The maximum Gasteiger partial charge on any atom is 0.416 e. The fourth-order valence-corrected chi connectivity index (χ4v) is 4.33. The zero-order valence-electron chi connectivity index (χ0n) is 19.5. The van der Waals surface area contributed by atoms with Gasteiger partial charge in [-0.05, 0) is 60.4 Å². The minimum absolute atomic E-state index is 0.0680. The van der Waals surface area contributed by atoms with Gasteiger partial charge in [-0.25, -0.2) is 9.18 Å². The lowest BCUT2D eigenvalue weighted by molar-refractivity contribution is -0.143. The number of amides is 2. The first-order valence-electron chi connectivity index (χ1n) is 11.3. The lowest BCUT2D eigenvalue weighted by Gasteiger charge is -2.42. The Morgan fingerprint density at radius 3 is 2.22 bits per heavy atom. The Morgan fingerprint density at radius 1 is 1.03 bits per heavy atom. The van der Waals surface area contributed by atoms with Gasteiger partial charge < -0.3 is 16.0 Å². The fraction of sp³-hybridized carbons (Fsp3) is 0.458. The number of rotatable bonds is 6. The highest BCUT2D eigenvalue weighted by atomic mass is 19.4. The molecule has 0 aliphatic carbocycles. The Labute approximate surface area is 204 Å². The number of urea groups is 1. The minimum Gasteiger partial charge on any atom is -0.338 e. The van der Waals surface area contributed by atoms with Crippen LogP contribution in [0, 0.1) is 12.7 Å². The Bertz CT molecular complexity index is 1040. The van der Waals surface area contributed by atoms with E-state index in [0.717, 1.165) is 5.56 Å². The first-order valence-corrected chi connectivity index (χ1v) is 11.3. The highest BCUT2D eigenvalue weighted by Crippen LogP contribution is 2.36. The Morgan fingerprint density at radius 2 is 1.67 bits per heavy atom. The molecule has 1 aliphatic rings. The minimum atomic E-state index is -4.94. The third-order valence-electron chi connectivity index (χ3n) is 6.10. The lowest BCUT2D eigenvalue weighted by atomic mass is 9.97. The van der Waals surface area contributed by atoms with Crippen LogP contribution in [0.3, 0.4) is 0 Å². The van der Waals surface area contributed by atoms with Crippen LogP contribution >= 0.6 is 0 Å². The van der Waals surface area contributed by atoms with E-state index in [0.29, 0.717) is 50.4 Å². The molecule has 3 rings (SSSR count). The van der Waals surface area contributed by atoms with Gasteiger partial charge in [-0.2, -0.15) is 26.3 Å². The van der Waals surface area contributed by atoms with Gasteiger partial charge in [-0.3, -0.25) is 4.90 Å². The van der Waals surface area contributed by atoms with Crippen molar-refractivity contribution in [2.24, 2.45) is 5.73 Å². The normalized spacial score (nSPS) is 17.4. The van der Waals surface area contributed by atoms with Crippen LogP contribution in [0.15, 0.2) is 36.4 Å². The fourth-order valence-electron chi connectivity index (χ4n) is 4.33. The molecule has 36 heavy (non-hydrogen) atoms. The Kier molecular flexibility index (Phi) is 8.50. The van der Waals surface area contributed by atoms with Crippen molar-refractivity contribution in [2.45, 2.75) is 31.7 Å². The molecule has 2 aromatic rings. The summed E-state index contributed by atoms with van der Waals surface area (Å²) >= 11 is 0. The third kappa shape index (κ3) is 6.88. The molecule has 198 valence electrons. The number of alkyl halides is 6. The van der Waals surface area contributed by atoms with Gasteiger partial charge in [0.1, 0.15) is 5.82 Å². The second kappa shape index (κ2) is 11.0. The molecule has 3 N–H and O–H groups in total. The van der Waals surface area contributed by atoms with Gasteiger partial charge >= 0.3 is 18.4 Å². The van der Waals surface area contributed by atoms with Crippen LogP contribution in [0.2, 0.25) is 0 Å². The van der Waals surface area contributed by atoms with Crippen molar-refractivity contribution in [1.29, 1.82) is 0 Å². The molecule has 0 aromatic heterocycles. The van der Waals surface area contributed by atoms with E-state index in [1.165, 1.54) is 12.1 Å². The van der Waals surface area contributed by atoms with Crippen molar-refractivity contribution in [3.63, 3.8) is 0 Å². The quantitative estimate of drug-likeness (QED) is 0.541. The molecule has 2 aromatic carbocycles. The average molecular weight is 520 g/mol. The largest absolute Gasteiger partial charge is 0.416 e. The van der Waals surface area contributed by atoms with E-state index < -0.39 is 41.4 Å². The molecule has 2 amide bonds. The van der Waals surface area contributed by atoms with Gasteiger partial charge in [-0.15, -0.1) is 0 Å². The van der Waals surface area contributed by atoms with Crippen LogP contribution < -0.4 is 11.1 Å². The zero-order chi connectivity index (χ0) is 26.7. The smallest absolute Gasteiger partial charge is 0.338 e. The summed E-state index contributed by atoms with van der Waals surface area (Å²) in [5.74, 6) is -0.416. The first-order chi connectivity index (χ1) is 16.8. The highest BCUT2D eigenvalue weighted by molar-refractivity contribution is 5.75. The summed E-state index contributed by atoms with van der Waals surface area (Å²) in [6.07, 6.45) is -10.1. The highest BCUT2D eigenvalue weighted by Gasteiger charge is 2.37. The lowest BCUT2D eigenvalue weighted by Crippen LogP contribution is -2.54. The van der Waals surface area contributed by atoms with E-state index >= 15 is 0 Å². The maximum absolute atomic E-state index is 13.6. The average Bonchev–Trinajstić information content (AvgIpc) is 2.78. The predicted molar refractivity (Wildman–Crippen MR) is 120 cm³/mol. The van der Waals surface area contributed by atoms with E-state index in [9.17, 15) is 35.5 Å². The summed E-state index contributed by atoms with van der Waals surface area (Å²) in [5.41, 5.74) is 4.04. The summed E-state index contributed by atoms with van der Waals surface area (Å²) in [6, 6.07) is 4.68. The molecule has 0 radical (unpaired) electrons. The van der Waals surface area contributed by atoms with Crippen molar-refractivity contribution >= 4 is 6.03 Å². The van der Waals surface area contributed by atoms with E-state index in [2.05, 4.69) is 10.2 Å². The van der Waals surface area contributed by atoms with Gasteiger partial charge in [0.2, 0.25) is 0 Å². The Hall–Kier alpha value is -2.86. The summed E-state index contributed by atoms with van der Waals surface area (Å²) in [5, 5.41) is 2.60. The molecule has 0 bridgehead atoms. The number of hydrogen-bond donors (Lipinski definition) is 2. The van der Waals surface area contributed by atoms with Crippen LogP contribution in [0.1, 0.15) is 33.9 Å². The number of benzene rings is 2. The molecule has 1 saturated heterocycles. The van der Waals surface area contributed by atoms with Gasteiger partial charge in [0.25, 0.3) is 0 Å². The standard InChI is InChI=1S/C24H27F7N4O/c1-15-10-19(25)2-3-20(15)21-14-34(7-5-32)8-9-35(21)22(36)33-6-4-16-11-17(23(26,27)28)13-18(12-16)24(29,30)31/h2-3,10-13,21H,4-9,14,32H2,1H3,(H,33,36)/t21-/m1/s1. The van der Waals surface area contributed by atoms with E-state index in [-0.39, 0.29) is 24.6 Å². The van der Waals surface area contributed by atoms with Crippen molar-refractivity contribution in [3.8, 4) is 0 Å². The van der Waals surface area contributed by atoms with Crippen LogP contribution in [-0.2, 0) is 18.8 Å². The van der Waals surface area contributed by atoms with Crippen LogP contribution in [0.4, 0.5) is 35.5 Å². The van der Waals surface area contributed by atoms with Crippen LogP contribution in [0.5, 0.6) is 0 Å². The molecule has 5 nitrogen and oxygen atoms in total. The number of aryl methyl sites for hydroxylation is 1.